The van der Waals surface area contributed by atoms with Crippen molar-refractivity contribution >= 4 is 26.7 Å². The van der Waals surface area contributed by atoms with Gasteiger partial charge < -0.3 is 0 Å². The molecule has 32 heavy (non-hydrogen) atoms. The van der Waals surface area contributed by atoms with E-state index in [1.54, 1.807) is 0 Å². The van der Waals surface area contributed by atoms with Gasteiger partial charge in [0.05, 0.1) is 0 Å². The molecule has 0 bridgehead atoms. The predicted octanol–water partition coefficient (Wildman–Crippen LogP) is 8.88. The quantitative estimate of drug-likeness (QED) is 0.114. The third-order valence-electron chi connectivity index (χ3n) is 7.18. The molecule has 0 aromatic heterocycles. The first-order valence-corrected chi connectivity index (χ1v) is 24.1. The van der Waals surface area contributed by atoms with Gasteiger partial charge in [-0.2, -0.15) is 0 Å². The van der Waals surface area contributed by atoms with Gasteiger partial charge in [-0.1, -0.05) is 0 Å². The number of unbranched alkanes of at least 4 members (excludes halogenated alkanes) is 5. The molecular weight excluding hydrogens is 515 g/mol. The van der Waals surface area contributed by atoms with Gasteiger partial charge in [0.2, 0.25) is 0 Å². The summed E-state index contributed by atoms with van der Waals surface area (Å²) in [5.41, 5.74) is 0. The molecule has 2 nitrogen and oxygen atoms in total. The van der Waals surface area contributed by atoms with Gasteiger partial charge in [0.15, 0.2) is 0 Å². The standard InChI is InChI=1S/C16H29O2Si.3C4H9.Sn/c1-8-10-11-12-13-14(17)15(9-2)18-19(6,7)16(3,4)5;3*1-3-4-2;/h2,9,14-15,17H,8,10-11H2,1,3-7H3;3*1,3-4H2,2H3;/t14-,15+;;;;/m0..../s1. The van der Waals surface area contributed by atoms with Crippen molar-refractivity contribution in [2.75, 3.05) is 0 Å². The molecule has 0 aromatic carbocycles. The van der Waals surface area contributed by atoms with Crippen molar-refractivity contribution < 1.29 is 9.53 Å². The summed E-state index contributed by atoms with van der Waals surface area (Å²) in [5, 5.41) is 11.2. The fourth-order valence-electron chi connectivity index (χ4n) is 3.76. The van der Waals surface area contributed by atoms with Gasteiger partial charge >= 0.3 is 208 Å². The van der Waals surface area contributed by atoms with Crippen LogP contribution in [0.4, 0.5) is 0 Å². The molecule has 2 atom stereocenters. The van der Waals surface area contributed by atoms with E-state index >= 15 is 0 Å². The molecule has 0 radical (unpaired) electrons. The van der Waals surface area contributed by atoms with Gasteiger partial charge in [-0.25, -0.2) is 0 Å². The minimum absolute atomic E-state index is 0.113. The molecule has 0 spiro atoms. The zero-order chi connectivity index (χ0) is 24.7. The Morgan fingerprint density at radius 2 is 1.34 bits per heavy atom. The SMILES string of the molecule is CCCCC#C[C@H](O)[C@@H](/C=[CH]/[Sn]([CH2]CCC)([CH2]CCC)[CH2]CCC)O[Si](C)(C)C(C)(C)C. The summed E-state index contributed by atoms with van der Waals surface area (Å²) in [5.74, 6) is 6.34. The second-order valence-corrected chi connectivity index (χ2v) is 29.0. The number of hydrogen-bond donors (Lipinski definition) is 1. The molecule has 1 N–H and O–H groups in total. The Morgan fingerprint density at radius 3 is 1.75 bits per heavy atom. The van der Waals surface area contributed by atoms with Crippen molar-refractivity contribution in [3.63, 3.8) is 0 Å². The van der Waals surface area contributed by atoms with Gasteiger partial charge in [0.1, 0.15) is 0 Å². The van der Waals surface area contributed by atoms with Crippen LogP contribution in [-0.4, -0.2) is 44.0 Å². The fraction of sp³-hybridized carbons (Fsp3) is 0.857. The summed E-state index contributed by atoms with van der Waals surface area (Å²) in [6.07, 6.45) is 12.2. The van der Waals surface area contributed by atoms with E-state index in [2.05, 4.69) is 83.6 Å². The van der Waals surface area contributed by atoms with Crippen molar-refractivity contribution in [3.05, 3.63) is 10.2 Å². The Labute approximate surface area is 207 Å². The summed E-state index contributed by atoms with van der Waals surface area (Å²) in [6.45, 7) is 20.5. The van der Waals surface area contributed by atoms with Gasteiger partial charge in [0, 0.05) is 0 Å². The molecule has 0 unspecified atom stereocenters. The maximum absolute atomic E-state index is 11.1. The molecule has 0 aliphatic carbocycles. The molecule has 4 heteroatoms. The van der Waals surface area contributed by atoms with Crippen LogP contribution in [0.1, 0.15) is 106 Å². The third kappa shape index (κ3) is 12.6. The molecule has 0 rings (SSSR count). The maximum atomic E-state index is 11.1. The van der Waals surface area contributed by atoms with E-state index in [-0.39, 0.29) is 11.1 Å². The first-order chi connectivity index (χ1) is 15.0. The number of aliphatic hydroxyl groups is 1. The molecule has 0 fully saturated rings. The first-order valence-electron chi connectivity index (χ1n) is 13.5. The van der Waals surface area contributed by atoms with Crippen LogP contribution in [0.25, 0.3) is 0 Å². The van der Waals surface area contributed by atoms with Gasteiger partial charge in [0.25, 0.3) is 0 Å². The van der Waals surface area contributed by atoms with Crippen LogP contribution >= 0.6 is 0 Å². The fourth-order valence-corrected chi connectivity index (χ4v) is 19.3. The molecule has 0 aromatic rings. The Bertz CT molecular complexity index is 546. The van der Waals surface area contributed by atoms with E-state index in [9.17, 15) is 5.11 Å². The van der Waals surface area contributed by atoms with Crippen molar-refractivity contribution in [1.29, 1.82) is 0 Å². The number of hydrogen-bond acceptors (Lipinski definition) is 2. The van der Waals surface area contributed by atoms with E-state index in [0.717, 1.165) is 19.3 Å². The molecule has 0 aliphatic rings. The van der Waals surface area contributed by atoms with E-state index in [4.69, 9.17) is 4.43 Å². The van der Waals surface area contributed by atoms with E-state index in [0.29, 0.717) is 0 Å². The van der Waals surface area contributed by atoms with E-state index < -0.39 is 32.8 Å². The van der Waals surface area contributed by atoms with Crippen molar-refractivity contribution in [2.45, 2.75) is 150 Å². The predicted molar refractivity (Wildman–Crippen MR) is 149 cm³/mol. The Balaban J connectivity index is 5.97. The second-order valence-electron chi connectivity index (χ2n) is 11.2. The van der Waals surface area contributed by atoms with E-state index in [1.807, 2.05) is 0 Å². The second kappa shape index (κ2) is 16.8. The molecule has 0 saturated carbocycles. The van der Waals surface area contributed by atoms with Crippen LogP contribution < -0.4 is 0 Å². The van der Waals surface area contributed by atoms with Crippen LogP contribution in [0.15, 0.2) is 10.2 Å². The van der Waals surface area contributed by atoms with Gasteiger partial charge in [-0.3, -0.25) is 0 Å². The van der Waals surface area contributed by atoms with Crippen LogP contribution in [0.3, 0.4) is 0 Å². The average molecular weight is 572 g/mol. The third-order valence-corrected chi connectivity index (χ3v) is 25.8. The van der Waals surface area contributed by atoms with Crippen LogP contribution in [0.5, 0.6) is 0 Å². The molecule has 0 heterocycles. The van der Waals surface area contributed by atoms with Crippen molar-refractivity contribution in [1.82, 2.24) is 0 Å². The summed E-state index contributed by atoms with van der Waals surface area (Å²) in [6, 6.07) is 0. The van der Waals surface area contributed by atoms with Gasteiger partial charge in [-0.05, 0) is 0 Å². The number of aliphatic hydroxyl groups excluding tert-OH is 1. The van der Waals surface area contributed by atoms with E-state index in [1.165, 1.54) is 51.8 Å². The summed E-state index contributed by atoms with van der Waals surface area (Å²) < 4.78 is 13.7. The molecule has 0 amide bonds. The molecule has 188 valence electrons. The Hall–Kier alpha value is 0.236. The molecule has 0 aliphatic heterocycles. The minimum atomic E-state index is -2.43. The summed E-state index contributed by atoms with van der Waals surface area (Å²) in [7, 11) is -2.01. The summed E-state index contributed by atoms with van der Waals surface area (Å²) in [4.78, 5) is 0. The average Bonchev–Trinajstić information content (AvgIpc) is 2.73. The van der Waals surface area contributed by atoms with Crippen LogP contribution in [0.2, 0.25) is 31.4 Å². The topological polar surface area (TPSA) is 29.5 Å². The van der Waals surface area contributed by atoms with Crippen LogP contribution in [0, 0.1) is 11.8 Å². The Morgan fingerprint density at radius 1 is 0.875 bits per heavy atom. The monoisotopic (exact) mass is 572 g/mol. The number of rotatable bonds is 16. The van der Waals surface area contributed by atoms with Crippen LogP contribution in [-0.2, 0) is 4.43 Å². The Kier molecular flexibility index (Phi) is 16.9. The summed E-state index contributed by atoms with van der Waals surface area (Å²) >= 11 is -2.43. The normalized spacial score (nSPS) is 14.9. The molecule has 0 saturated heterocycles. The molecular formula is C28H56O2SiSn. The zero-order valence-corrected chi connectivity index (χ0v) is 27.0. The van der Waals surface area contributed by atoms with Gasteiger partial charge in [-0.15, -0.1) is 0 Å². The first kappa shape index (κ1) is 32.2. The van der Waals surface area contributed by atoms with Crippen molar-refractivity contribution in [3.8, 4) is 11.8 Å². The zero-order valence-electron chi connectivity index (χ0n) is 23.2. The van der Waals surface area contributed by atoms with Crippen molar-refractivity contribution in [2.24, 2.45) is 0 Å².